The highest BCUT2D eigenvalue weighted by atomic mass is 16.5. The molecule has 0 bridgehead atoms. The summed E-state index contributed by atoms with van der Waals surface area (Å²) < 4.78 is 10.8. The van der Waals surface area contributed by atoms with Gasteiger partial charge in [-0.15, -0.1) is 0 Å². The van der Waals surface area contributed by atoms with E-state index in [0.717, 1.165) is 24.3 Å². The lowest BCUT2D eigenvalue weighted by Gasteiger charge is -2.22. The van der Waals surface area contributed by atoms with Crippen LogP contribution in [0.15, 0.2) is 28.8 Å². The fourth-order valence-electron chi connectivity index (χ4n) is 2.92. The van der Waals surface area contributed by atoms with Crippen molar-refractivity contribution in [1.82, 2.24) is 10.1 Å². The molecule has 21 heavy (non-hydrogen) atoms. The van der Waals surface area contributed by atoms with Crippen molar-refractivity contribution < 1.29 is 14.1 Å². The lowest BCUT2D eigenvalue weighted by molar-refractivity contribution is -0.116. The van der Waals surface area contributed by atoms with E-state index in [1.807, 2.05) is 24.3 Å². The smallest absolute Gasteiger partial charge is 0.234 e. The Balaban J connectivity index is 1.68. The zero-order chi connectivity index (χ0) is 14.2. The fourth-order valence-corrected chi connectivity index (χ4v) is 2.92. The molecule has 2 unspecified atom stereocenters. The molecule has 0 radical (unpaired) electrons. The Kier molecular flexibility index (Phi) is 2.96. The van der Waals surface area contributed by atoms with Crippen LogP contribution < -0.4 is 5.32 Å². The van der Waals surface area contributed by atoms with Crippen molar-refractivity contribution in [3.63, 3.8) is 0 Å². The van der Waals surface area contributed by atoms with Gasteiger partial charge in [0.25, 0.3) is 0 Å². The first-order valence-electron chi connectivity index (χ1n) is 7.11. The molecule has 1 N–H and O–H groups in total. The minimum atomic E-state index is -0.168. The average Bonchev–Trinajstić information content (AvgIpc) is 3.17. The zero-order valence-electron chi connectivity index (χ0n) is 11.4. The Labute approximate surface area is 121 Å². The van der Waals surface area contributed by atoms with E-state index in [0.29, 0.717) is 24.7 Å². The zero-order valence-corrected chi connectivity index (χ0v) is 11.4. The number of fused-ring (bicyclic) bond motifs is 1. The van der Waals surface area contributed by atoms with Gasteiger partial charge < -0.3 is 14.6 Å². The number of aromatic nitrogens is 2. The Morgan fingerprint density at radius 2 is 2.19 bits per heavy atom. The summed E-state index contributed by atoms with van der Waals surface area (Å²) in [5.74, 6) is 1.21. The molecule has 108 valence electrons. The molecule has 6 heteroatoms. The topological polar surface area (TPSA) is 77.2 Å². The van der Waals surface area contributed by atoms with E-state index >= 15 is 0 Å². The molecular weight excluding hydrogens is 270 g/mol. The van der Waals surface area contributed by atoms with Gasteiger partial charge in [-0.25, -0.2) is 0 Å². The van der Waals surface area contributed by atoms with Crippen LogP contribution >= 0.6 is 0 Å². The summed E-state index contributed by atoms with van der Waals surface area (Å²) in [7, 11) is 0. The maximum atomic E-state index is 11.9. The summed E-state index contributed by atoms with van der Waals surface area (Å²) in [5, 5.41) is 6.95. The van der Waals surface area contributed by atoms with Crippen LogP contribution in [-0.2, 0) is 9.53 Å². The van der Waals surface area contributed by atoms with Gasteiger partial charge in [-0.3, -0.25) is 4.79 Å². The molecule has 2 aromatic rings. The van der Waals surface area contributed by atoms with Crippen LogP contribution in [-0.4, -0.2) is 29.3 Å². The maximum absolute atomic E-state index is 11.9. The Morgan fingerprint density at radius 3 is 3.05 bits per heavy atom. The molecule has 0 saturated carbocycles. The average molecular weight is 285 g/mol. The summed E-state index contributed by atoms with van der Waals surface area (Å²) in [6.45, 7) is 1.38. The first-order chi connectivity index (χ1) is 10.3. The van der Waals surface area contributed by atoms with Crippen LogP contribution in [0.25, 0.3) is 0 Å². The molecule has 1 amide bonds. The number of carbonyl (C=O) groups is 1. The third kappa shape index (κ3) is 2.21. The van der Waals surface area contributed by atoms with Crippen molar-refractivity contribution in [2.75, 3.05) is 18.5 Å². The monoisotopic (exact) mass is 285 g/mol. The SMILES string of the molecule is O=C1CC(c2nc(C3CCOC3)no2)c2ccccc2N1. The largest absolute Gasteiger partial charge is 0.381 e. The lowest BCUT2D eigenvalue weighted by Crippen LogP contribution is -2.23. The third-order valence-corrected chi connectivity index (χ3v) is 4.05. The van der Waals surface area contributed by atoms with Crippen molar-refractivity contribution in [1.29, 1.82) is 0 Å². The standard InChI is InChI=1S/C15H15N3O3/c19-13-7-11(10-3-1-2-4-12(10)16-13)15-17-14(18-21-15)9-5-6-20-8-9/h1-4,9,11H,5-8H2,(H,16,19). The minimum absolute atomic E-state index is 0.0253. The quantitative estimate of drug-likeness (QED) is 0.913. The summed E-state index contributed by atoms with van der Waals surface area (Å²) in [4.78, 5) is 16.4. The molecule has 3 heterocycles. The molecule has 1 aromatic carbocycles. The second kappa shape index (κ2) is 4.96. The number of anilines is 1. The van der Waals surface area contributed by atoms with Crippen molar-refractivity contribution in [2.45, 2.75) is 24.7 Å². The number of para-hydroxylation sites is 1. The Hall–Kier alpha value is -2.21. The molecule has 1 aromatic heterocycles. The van der Waals surface area contributed by atoms with Gasteiger partial charge in [0.15, 0.2) is 5.82 Å². The molecule has 1 saturated heterocycles. The molecule has 2 atom stereocenters. The molecule has 6 nitrogen and oxygen atoms in total. The number of benzene rings is 1. The molecule has 2 aliphatic heterocycles. The number of amides is 1. The third-order valence-electron chi connectivity index (χ3n) is 4.05. The van der Waals surface area contributed by atoms with Gasteiger partial charge in [0, 0.05) is 24.6 Å². The predicted molar refractivity (Wildman–Crippen MR) is 74.0 cm³/mol. The second-order valence-corrected chi connectivity index (χ2v) is 5.44. The van der Waals surface area contributed by atoms with Gasteiger partial charge in [0.1, 0.15) is 0 Å². The van der Waals surface area contributed by atoms with Crippen LogP contribution in [0.3, 0.4) is 0 Å². The summed E-state index contributed by atoms with van der Waals surface area (Å²) >= 11 is 0. The first-order valence-corrected chi connectivity index (χ1v) is 7.11. The van der Waals surface area contributed by atoms with E-state index < -0.39 is 0 Å². The number of ether oxygens (including phenoxy) is 1. The van der Waals surface area contributed by atoms with Crippen molar-refractivity contribution in [3.05, 3.63) is 41.5 Å². The van der Waals surface area contributed by atoms with Gasteiger partial charge in [-0.05, 0) is 18.1 Å². The maximum Gasteiger partial charge on any atom is 0.234 e. The molecule has 0 spiro atoms. The van der Waals surface area contributed by atoms with Gasteiger partial charge in [0.05, 0.1) is 12.5 Å². The van der Waals surface area contributed by atoms with Crippen LogP contribution in [0.4, 0.5) is 5.69 Å². The highest BCUT2D eigenvalue weighted by molar-refractivity contribution is 5.95. The summed E-state index contributed by atoms with van der Waals surface area (Å²) in [5.41, 5.74) is 1.85. The first kappa shape index (κ1) is 12.5. The Morgan fingerprint density at radius 1 is 1.29 bits per heavy atom. The Bertz CT molecular complexity index is 676. The number of hydrogen-bond acceptors (Lipinski definition) is 5. The number of nitrogens with one attached hydrogen (secondary N) is 1. The van der Waals surface area contributed by atoms with E-state index in [-0.39, 0.29) is 17.7 Å². The predicted octanol–water partition coefficient (Wildman–Crippen LogP) is 2.05. The van der Waals surface area contributed by atoms with Gasteiger partial charge in [-0.2, -0.15) is 4.98 Å². The van der Waals surface area contributed by atoms with Gasteiger partial charge in [-0.1, -0.05) is 23.4 Å². The van der Waals surface area contributed by atoms with Crippen LogP contribution in [0.2, 0.25) is 0 Å². The van der Waals surface area contributed by atoms with E-state index in [1.54, 1.807) is 0 Å². The van der Waals surface area contributed by atoms with Gasteiger partial charge in [0.2, 0.25) is 11.8 Å². The van der Waals surface area contributed by atoms with E-state index in [4.69, 9.17) is 9.26 Å². The molecular formula is C15H15N3O3. The molecule has 2 aliphatic rings. The summed E-state index contributed by atoms with van der Waals surface area (Å²) in [6.07, 6.45) is 1.25. The van der Waals surface area contributed by atoms with E-state index in [2.05, 4.69) is 15.5 Å². The van der Waals surface area contributed by atoms with Crippen molar-refractivity contribution in [3.8, 4) is 0 Å². The van der Waals surface area contributed by atoms with Crippen LogP contribution in [0.1, 0.15) is 42.0 Å². The van der Waals surface area contributed by atoms with Crippen molar-refractivity contribution >= 4 is 11.6 Å². The number of nitrogens with zero attached hydrogens (tertiary/aromatic N) is 2. The molecule has 0 aliphatic carbocycles. The lowest BCUT2D eigenvalue weighted by atomic mass is 9.90. The van der Waals surface area contributed by atoms with E-state index in [1.165, 1.54) is 0 Å². The summed E-state index contributed by atoms with van der Waals surface area (Å²) in [6, 6.07) is 7.73. The number of hydrogen-bond donors (Lipinski definition) is 1. The van der Waals surface area contributed by atoms with E-state index in [9.17, 15) is 4.79 Å². The normalized spacial score (nSPS) is 24.7. The highest BCUT2D eigenvalue weighted by Gasteiger charge is 2.32. The fraction of sp³-hybridized carbons (Fsp3) is 0.400. The second-order valence-electron chi connectivity index (χ2n) is 5.44. The van der Waals surface area contributed by atoms with Gasteiger partial charge >= 0.3 is 0 Å². The minimum Gasteiger partial charge on any atom is -0.381 e. The molecule has 1 fully saturated rings. The van der Waals surface area contributed by atoms with Crippen LogP contribution in [0, 0.1) is 0 Å². The highest BCUT2D eigenvalue weighted by Crippen LogP contribution is 2.36. The number of carbonyl (C=O) groups excluding carboxylic acids is 1. The van der Waals surface area contributed by atoms with Crippen molar-refractivity contribution in [2.24, 2.45) is 0 Å². The number of rotatable bonds is 2. The van der Waals surface area contributed by atoms with Crippen LogP contribution in [0.5, 0.6) is 0 Å². The molecule has 4 rings (SSSR count).